The normalized spacial score (nSPS) is 11.3. The van der Waals surface area contributed by atoms with Gasteiger partial charge < -0.3 is 9.42 Å². The number of nitrogens with zero attached hydrogens (tertiary/aromatic N) is 4. The number of pyridine rings is 1. The van der Waals surface area contributed by atoms with Gasteiger partial charge in [0.2, 0.25) is 5.82 Å². The number of aromatic nitrogens is 2. The summed E-state index contributed by atoms with van der Waals surface area (Å²) in [6.45, 7) is 0. The molecule has 72 valence electrons. The molecule has 2 aromatic heterocycles. The Morgan fingerprint density at radius 3 is 3.14 bits per heavy atom. The van der Waals surface area contributed by atoms with Crippen molar-refractivity contribution in [3.05, 3.63) is 18.3 Å². The summed E-state index contributed by atoms with van der Waals surface area (Å²) in [6, 6.07) is 3.70. The molecule has 5 nitrogen and oxygen atoms in total. The van der Waals surface area contributed by atoms with Crippen LogP contribution in [0.5, 0.6) is 0 Å². The van der Waals surface area contributed by atoms with E-state index in [0.717, 1.165) is 5.39 Å². The fourth-order valence-electron chi connectivity index (χ4n) is 1.03. The fourth-order valence-corrected chi connectivity index (χ4v) is 1.03. The minimum atomic E-state index is 0.512. The molecule has 14 heavy (non-hydrogen) atoms. The second-order valence-electron chi connectivity index (χ2n) is 3.07. The van der Waals surface area contributed by atoms with Gasteiger partial charge in [0.1, 0.15) is 0 Å². The Kier molecular flexibility index (Phi) is 2.14. The second-order valence-corrected chi connectivity index (χ2v) is 3.07. The van der Waals surface area contributed by atoms with Crippen LogP contribution in [0.15, 0.2) is 27.8 Å². The van der Waals surface area contributed by atoms with E-state index in [1.807, 2.05) is 31.1 Å². The van der Waals surface area contributed by atoms with Crippen LogP contribution in [-0.2, 0) is 0 Å². The molecule has 0 atom stereocenters. The number of hydrogen-bond acceptors (Lipinski definition) is 4. The first-order chi connectivity index (χ1) is 6.77. The summed E-state index contributed by atoms with van der Waals surface area (Å²) in [6.07, 6.45) is 3.33. The molecule has 0 saturated heterocycles. The minimum absolute atomic E-state index is 0.512. The Labute approximate surface area is 81.0 Å². The summed E-state index contributed by atoms with van der Waals surface area (Å²) in [5, 5.41) is 4.63. The lowest BCUT2D eigenvalue weighted by atomic mass is 10.3. The SMILES string of the molecule is CN(C)C=Nc1noc2ncccc12. The quantitative estimate of drug-likeness (QED) is 0.531. The summed E-state index contributed by atoms with van der Waals surface area (Å²) >= 11 is 0. The maximum atomic E-state index is 4.99. The van der Waals surface area contributed by atoms with E-state index in [2.05, 4.69) is 15.1 Å². The maximum absolute atomic E-state index is 4.99. The lowest BCUT2D eigenvalue weighted by Crippen LogP contribution is -2.06. The van der Waals surface area contributed by atoms with E-state index in [0.29, 0.717) is 11.5 Å². The third-order valence-corrected chi connectivity index (χ3v) is 1.64. The molecular formula is C9H10N4O. The summed E-state index contributed by atoms with van der Waals surface area (Å²) in [7, 11) is 3.79. The average Bonchev–Trinajstić information content (AvgIpc) is 2.58. The molecule has 2 heterocycles. The van der Waals surface area contributed by atoms with Crippen LogP contribution in [0, 0.1) is 0 Å². The molecule has 0 spiro atoms. The van der Waals surface area contributed by atoms with Crippen molar-refractivity contribution in [2.24, 2.45) is 4.99 Å². The summed E-state index contributed by atoms with van der Waals surface area (Å²) in [4.78, 5) is 9.99. The van der Waals surface area contributed by atoms with E-state index in [1.165, 1.54) is 0 Å². The van der Waals surface area contributed by atoms with Crippen LogP contribution in [0.3, 0.4) is 0 Å². The smallest absolute Gasteiger partial charge is 0.260 e. The molecule has 0 bridgehead atoms. The van der Waals surface area contributed by atoms with Crippen molar-refractivity contribution in [2.75, 3.05) is 14.1 Å². The first kappa shape index (κ1) is 8.68. The Hall–Kier alpha value is -1.91. The molecule has 0 amide bonds. The highest BCUT2D eigenvalue weighted by Gasteiger charge is 2.05. The summed E-state index contributed by atoms with van der Waals surface area (Å²) < 4.78 is 4.99. The van der Waals surface area contributed by atoms with Gasteiger partial charge >= 0.3 is 0 Å². The zero-order valence-electron chi connectivity index (χ0n) is 8.01. The van der Waals surface area contributed by atoms with Crippen LogP contribution in [0.4, 0.5) is 5.82 Å². The third kappa shape index (κ3) is 1.56. The van der Waals surface area contributed by atoms with E-state index < -0.39 is 0 Å². The third-order valence-electron chi connectivity index (χ3n) is 1.64. The number of hydrogen-bond donors (Lipinski definition) is 0. The van der Waals surface area contributed by atoms with Crippen LogP contribution in [0.1, 0.15) is 0 Å². The molecule has 2 aromatic rings. The Balaban J connectivity index is 2.43. The maximum Gasteiger partial charge on any atom is 0.260 e. The Morgan fingerprint density at radius 1 is 1.50 bits per heavy atom. The number of rotatable bonds is 2. The first-order valence-electron chi connectivity index (χ1n) is 4.18. The van der Waals surface area contributed by atoms with Gasteiger partial charge in [0.05, 0.1) is 11.7 Å². The van der Waals surface area contributed by atoms with Crippen LogP contribution < -0.4 is 0 Å². The fraction of sp³-hybridized carbons (Fsp3) is 0.222. The first-order valence-corrected chi connectivity index (χ1v) is 4.18. The van der Waals surface area contributed by atoms with Gasteiger partial charge in [-0.15, -0.1) is 0 Å². The average molecular weight is 190 g/mol. The van der Waals surface area contributed by atoms with Crippen molar-refractivity contribution in [3.8, 4) is 0 Å². The molecule has 0 aliphatic heterocycles. The lowest BCUT2D eigenvalue weighted by molar-refractivity contribution is 0.451. The topological polar surface area (TPSA) is 54.5 Å². The monoisotopic (exact) mass is 190 g/mol. The van der Waals surface area contributed by atoms with E-state index in [4.69, 9.17) is 4.52 Å². The van der Waals surface area contributed by atoms with Crippen molar-refractivity contribution < 1.29 is 4.52 Å². The molecular weight excluding hydrogens is 180 g/mol. The van der Waals surface area contributed by atoms with E-state index in [-0.39, 0.29) is 0 Å². The van der Waals surface area contributed by atoms with Crippen LogP contribution in [0.2, 0.25) is 0 Å². The number of fused-ring (bicyclic) bond motifs is 1. The molecule has 0 saturated carbocycles. The largest absolute Gasteiger partial charge is 0.369 e. The van der Waals surface area contributed by atoms with Crippen LogP contribution in [-0.4, -0.2) is 35.5 Å². The Bertz CT molecular complexity index is 461. The van der Waals surface area contributed by atoms with E-state index >= 15 is 0 Å². The highest BCUT2D eigenvalue weighted by molar-refractivity contribution is 5.85. The minimum Gasteiger partial charge on any atom is -0.369 e. The molecule has 0 aliphatic rings. The lowest BCUT2D eigenvalue weighted by Gasteiger charge is -1.99. The van der Waals surface area contributed by atoms with Gasteiger partial charge in [-0.1, -0.05) is 5.16 Å². The zero-order valence-corrected chi connectivity index (χ0v) is 8.01. The van der Waals surface area contributed by atoms with E-state index in [9.17, 15) is 0 Å². The van der Waals surface area contributed by atoms with Gasteiger partial charge in [0.15, 0.2) is 0 Å². The number of aliphatic imine (C=N–C) groups is 1. The molecule has 2 rings (SSSR count). The second kappa shape index (κ2) is 3.45. The molecule has 5 heteroatoms. The molecule has 0 radical (unpaired) electrons. The molecule has 0 N–H and O–H groups in total. The zero-order chi connectivity index (χ0) is 9.97. The van der Waals surface area contributed by atoms with Crippen LogP contribution >= 0.6 is 0 Å². The van der Waals surface area contributed by atoms with Gasteiger partial charge in [-0.2, -0.15) is 0 Å². The van der Waals surface area contributed by atoms with Gasteiger partial charge in [-0.3, -0.25) is 0 Å². The van der Waals surface area contributed by atoms with Gasteiger partial charge in [-0.25, -0.2) is 9.98 Å². The van der Waals surface area contributed by atoms with Crippen molar-refractivity contribution in [1.82, 2.24) is 15.0 Å². The highest BCUT2D eigenvalue weighted by Crippen LogP contribution is 2.22. The molecule has 0 aliphatic carbocycles. The highest BCUT2D eigenvalue weighted by atomic mass is 16.5. The summed E-state index contributed by atoms with van der Waals surface area (Å²) in [5.41, 5.74) is 0.512. The standard InChI is InChI=1S/C9H10N4O/c1-13(2)6-11-8-7-4-3-5-10-9(7)14-12-8/h3-6H,1-2H3. The molecule has 0 aromatic carbocycles. The van der Waals surface area contributed by atoms with Crippen LogP contribution in [0.25, 0.3) is 11.1 Å². The summed E-state index contributed by atoms with van der Waals surface area (Å²) in [5.74, 6) is 0.557. The van der Waals surface area contributed by atoms with Gasteiger partial charge in [0.25, 0.3) is 5.71 Å². The Morgan fingerprint density at radius 2 is 2.36 bits per heavy atom. The van der Waals surface area contributed by atoms with Crippen molar-refractivity contribution in [2.45, 2.75) is 0 Å². The van der Waals surface area contributed by atoms with Gasteiger partial charge in [0, 0.05) is 20.3 Å². The van der Waals surface area contributed by atoms with Crippen molar-refractivity contribution in [3.63, 3.8) is 0 Å². The van der Waals surface area contributed by atoms with Gasteiger partial charge in [-0.05, 0) is 12.1 Å². The van der Waals surface area contributed by atoms with Crippen molar-refractivity contribution >= 4 is 23.3 Å². The predicted octanol–water partition coefficient (Wildman–Crippen LogP) is 1.44. The molecule has 0 fully saturated rings. The van der Waals surface area contributed by atoms with E-state index in [1.54, 1.807) is 12.5 Å². The predicted molar refractivity (Wildman–Crippen MR) is 53.6 cm³/mol. The molecule has 0 unspecified atom stereocenters. The van der Waals surface area contributed by atoms with Crippen molar-refractivity contribution in [1.29, 1.82) is 0 Å².